The van der Waals surface area contributed by atoms with Gasteiger partial charge in [-0.2, -0.15) is 0 Å². The summed E-state index contributed by atoms with van der Waals surface area (Å²) in [5.41, 5.74) is 1.18. The van der Waals surface area contributed by atoms with E-state index in [2.05, 4.69) is 23.2 Å². The minimum atomic E-state index is 0.397. The van der Waals surface area contributed by atoms with E-state index in [0.29, 0.717) is 11.1 Å². The molecule has 2 nitrogen and oxygen atoms in total. The molecular weight excluding hydrogens is 279 g/mol. The van der Waals surface area contributed by atoms with E-state index in [0.717, 1.165) is 37.6 Å². The summed E-state index contributed by atoms with van der Waals surface area (Å²) in [6.07, 6.45) is 3.58. The van der Waals surface area contributed by atoms with Gasteiger partial charge in [-0.15, -0.1) is 0 Å². The van der Waals surface area contributed by atoms with Gasteiger partial charge in [0, 0.05) is 32.2 Å². The lowest BCUT2D eigenvalue weighted by atomic mass is 9.98. The van der Waals surface area contributed by atoms with Crippen LogP contribution in [-0.4, -0.2) is 31.1 Å². The maximum Gasteiger partial charge on any atom is 0.0640 e. The number of unbranched alkanes of at least 4 members (excludes halogenated alkanes) is 1. The summed E-state index contributed by atoms with van der Waals surface area (Å²) in [6.45, 7) is 6.50. The second kappa shape index (κ2) is 7.49. The van der Waals surface area contributed by atoms with Gasteiger partial charge in [-0.3, -0.25) is 4.90 Å². The summed E-state index contributed by atoms with van der Waals surface area (Å²) in [6, 6.07) is 6.39. The minimum Gasteiger partial charge on any atom is -0.314 e. The molecule has 1 aromatic carbocycles. The lowest BCUT2D eigenvalue weighted by Crippen LogP contribution is -2.45. The van der Waals surface area contributed by atoms with Gasteiger partial charge in [-0.1, -0.05) is 55.1 Å². The van der Waals surface area contributed by atoms with Crippen molar-refractivity contribution in [1.29, 1.82) is 0 Å². The van der Waals surface area contributed by atoms with Gasteiger partial charge < -0.3 is 5.32 Å². The Labute approximate surface area is 126 Å². The van der Waals surface area contributed by atoms with Crippen LogP contribution in [0, 0.1) is 0 Å². The van der Waals surface area contributed by atoms with E-state index >= 15 is 0 Å². The van der Waals surface area contributed by atoms with Gasteiger partial charge in [-0.25, -0.2) is 0 Å². The van der Waals surface area contributed by atoms with Crippen molar-refractivity contribution < 1.29 is 0 Å². The summed E-state index contributed by atoms with van der Waals surface area (Å²) >= 11 is 12.6. The monoisotopic (exact) mass is 300 g/mol. The highest BCUT2D eigenvalue weighted by Gasteiger charge is 2.24. The zero-order valence-corrected chi connectivity index (χ0v) is 13.0. The van der Waals surface area contributed by atoms with Crippen molar-refractivity contribution >= 4 is 23.2 Å². The Bertz CT molecular complexity index is 403. The average Bonchev–Trinajstić information content (AvgIpc) is 2.45. The van der Waals surface area contributed by atoms with E-state index in [1.165, 1.54) is 18.4 Å². The van der Waals surface area contributed by atoms with Crippen LogP contribution in [0.4, 0.5) is 0 Å². The Hall–Kier alpha value is -0.280. The quantitative estimate of drug-likeness (QED) is 0.879. The standard InChI is InChI=1S/C15H22Cl2N2/c1-2-3-7-14(19-10-8-18-9-11-19)12-5-4-6-13(16)15(12)17/h4-6,14,18H,2-3,7-11H2,1H3/t14-/m1/s1. The molecule has 1 saturated heterocycles. The van der Waals surface area contributed by atoms with E-state index in [4.69, 9.17) is 23.2 Å². The Kier molecular flexibility index (Phi) is 5.96. The molecule has 1 fully saturated rings. The van der Waals surface area contributed by atoms with Gasteiger partial charge in [-0.05, 0) is 18.1 Å². The molecule has 0 unspecified atom stereocenters. The largest absolute Gasteiger partial charge is 0.314 e. The Morgan fingerprint density at radius 3 is 2.68 bits per heavy atom. The summed E-state index contributed by atoms with van der Waals surface area (Å²) in [5.74, 6) is 0. The molecule has 0 bridgehead atoms. The Morgan fingerprint density at radius 1 is 1.26 bits per heavy atom. The van der Waals surface area contributed by atoms with Gasteiger partial charge in [0.25, 0.3) is 0 Å². The molecule has 1 aromatic rings. The summed E-state index contributed by atoms with van der Waals surface area (Å²) in [4.78, 5) is 2.53. The fourth-order valence-electron chi connectivity index (χ4n) is 2.70. The number of hydrogen-bond donors (Lipinski definition) is 1. The van der Waals surface area contributed by atoms with Crippen LogP contribution >= 0.6 is 23.2 Å². The van der Waals surface area contributed by atoms with Crippen LogP contribution < -0.4 is 5.32 Å². The molecule has 2 rings (SSSR count). The maximum absolute atomic E-state index is 6.41. The van der Waals surface area contributed by atoms with Crippen molar-refractivity contribution in [3.8, 4) is 0 Å². The van der Waals surface area contributed by atoms with Crippen LogP contribution in [0.25, 0.3) is 0 Å². The van der Waals surface area contributed by atoms with Crippen molar-refractivity contribution in [2.75, 3.05) is 26.2 Å². The molecule has 106 valence electrons. The molecule has 0 radical (unpaired) electrons. The molecule has 19 heavy (non-hydrogen) atoms. The van der Waals surface area contributed by atoms with E-state index in [9.17, 15) is 0 Å². The first-order chi connectivity index (χ1) is 9.24. The molecule has 0 amide bonds. The zero-order chi connectivity index (χ0) is 13.7. The Balaban J connectivity index is 2.22. The molecule has 1 heterocycles. The zero-order valence-electron chi connectivity index (χ0n) is 11.5. The number of rotatable bonds is 5. The second-order valence-electron chi connectivity index (χ2n) is 5.09. The first kappa shape index (κ1) is 15.1. The van der Waals surface area contributed by atoms with Crippen LogP contribution in [0.1, 0.15) is 37.8 Å². The van der Waals surface area contributed by atoms with E-state index in [-0.39, 0.29) is 0 Å². The van der Waals surface area contributed by atoms with Crippen molar-refractivity contribution in [2.24, 2.45) is 0 Å². The number of nitrogens with one attached hydrogen (secondary N) is 1. The predicted molar refractivity (Wildman–Crippen MR) is 83.2 cm³/mol. The minimum absolute atomic E-state index is 0.397. The molecule has 1 N–H and O–H groups in total. The van der Waals surface area contributed by atoms with Crippen LogP contribution in [0.2, 0.25) is 10.0 Å². The summed E-state index contributed by atoms with van der Waals surface area (Å²) in [5, 5.41) is 4.79. The molecule has 0 aliphatic carbocycles. The molecule has 4 heteroatoms. The van der Waals surface area contributed by atoms with Crippen molar-refractivity contribution in [1.82, 2.24) is 10.2 Å². The third kappa shape index (κ3) is 3.85. The van der Waals surface area contributed by atoms with Gasteiger partial charge in [0.15, 0.2) is 0 Å². The predicted octanol–water partition coefficient (Wildman–Crippen LogP) is 4.13. The van der Waals surface area contributed by atoms with E-state index < -0.39 is 0 Å². The van der Waals surface area contributed by atoms with Crippen molar-refractivity contribution in [3.63, 3.8) is 0 Å². The topological polar surface area (TPSA) is 15.3 Å². The van der Waals surface area contributed by atoms with E-state index in [1.807, 2.05) is 12.1 Å². The van der Waals surface area contributed by atoms with Crippen LogP contribution in [-0.2, 0) is 0 Å². The average molecular weight is 301 g/mol. The second-order valence-corrected chi connectivity index (χ2v) is 5.87. The smallest absolute Gasteiger partial charge is 0.0640 e. The number of halogens is 2. The lowest BCUT2D eigenvalue weighted by Gasteiger charge is -2.35. The van der Waals surface area contributed by atoms with Gasteiger partial charge >= 0.3 is 0 Å². The van der Waals surface area contributed by atoms with Crippen LogP contribution in [0.5, 0.6) is 0 Å². The molecular formula is C15H22Cl2N2. The van der Waals surface area contributed by atoms with Crippen LogP contribution in [0.3, 0.4) is 0 Å². The van der Waals surface area contributed by atoms with E-state index in [1.54, 1.807) is 0 Å². The number of piperazine rings is 1. The summed E-state index contributed by atoms with van der Waals surface area (Å²) in [7, 11) is 0. The van der Waals surface area contributed by atoms with Gasteiger partial charge in [0.1, 0.15) is 0 Å². The first-order valence-corrected chi connectivity index (χ1v) is 7.88. The number of benzene rings is 1. The Morgan fingerprint density at radius 2 is 2.00 bits per heavy atom. The highest BCUT2D eigenvalue weighted by atomic mass is 35.5. The fourth-order valence-corrected chi connectivity index (χ4v) is 3.14. The lowest BCUT2D eigenvalue weighted by molar-refractivity contribution is 0.163. The molecule has 1 atom stereocenters. The van der Waals surface area contributed by atoms with Crippen molar-refractivity contribution in [2.45, 2.75) is 32.2 Å². The maximum atomic E-state index is 6.41. The molecule has 0 aromatic heterocycles. The van der Waals surface area contributed by atoms with Gasteiger partial charge in [0.05, 0.1) is 10.0 Å². The van der Waals surface area contributed by atoms with Crippen molar-refractivity contribution in [3.05, 3.63) is 33.8 Å². The number of hydrogen-bond acceptors (Lipinski definition) is 2. The summed E-state index contributed by atoms with van der Waals surface area (Å²) < 4.78 is 0. The number of nitrogens with zero attached hydrogens (tertiary/aromatic N) is 1. The highest BCUT2D eigenvalue weighted by molar-refractivity contribution is 6.42. The molecule has 1 aliphatic rings. The first-order valence-electron chi connectivity index (χ1n) is 7.12. The highest BCUT2D eigenvalue weighted by Crippen LogP contribution is 2.35. The molecule has 0 saturated carbocycles. The normalized spacial score (nSPS) is 18.5. The SMILES string of the molecule is CCCC[C@H](c1cccc(Cl)c1Cl)N1CCNCC1. The van der Waals surface area contributed by atoms with Crippen LogP contribution in [0.15, 0.2) is 18.2 Å². The molecule has 1 aliphatic heterocycles. The van der Waals surface area contributed by atoms with Gasteiger partial charge in [0.2, 0.25) is 0 Å². The third-order valence-corrected chi connectivity index (χ3v) is 4.60. The molecule has 0 spiro atoms. The fraction of sp³-hybridized carbons (Fsp3) is 0.600. The third-order valence-electron chi connectivity index (χ3n) is 3.76.